The van der Waals surface area contributed by atoms with Crippen LogP contribution in [0.5, 0.6) is 0 Å². The van der Waals surface area contributed by atoms with Gasteiger partial charge in [0.15, 0.2) is 0 Å². The van der Waals surface area contributed by atoms with E-state index in [0.29, 0.717) is 12.8 Å². The lowest BCUT2D eigenvalue weighted by Crippen LogP contribution is -2.36. The number of amides is 2. The fraction of sp³-hybridized carbons (Fsp3) is 0.286. The fourth-order valence-corrected chi connectivity index (χ4v) is 3.02. The number of carbonyl (C=O) groups excluding carboxylic acids is 3. The number of aryl methyl sites for hydroxylation is 1. The van der Waals surface area contributed by atoms with Crippen molar-refractivity contribution in [2.24, 2.45) is 5.73 Å². The number of anilines is 2. The number of ether oxygens (including phenoxy) is 1. The van der Waals surface area contributed by atoms with Gasteiger partial charge in [-0.05, 0) is 36.2 Å². The molecule has 28 heavy (non-hydrogen) atoms. The molecule has 0 radical (unpaired) electrons. The molecule has 0 bridgehead atoms. The van der Waals surface area contributed by atoms with Crippen LogP contribution in [0.1, 0.15) is 22.3 Å². The van der Waals surface area contributed by atoms with E-state index in [1.807, 2.05) is 24.3 Å². The van der Waals surface area contributed by atoms with Gasteiger partial charge in [0.1, 0.15) is 0 Å². The van der Waals surface area contributed by atoms with E-state index in [1.165, 1.54) is 0 Å². The summed E-state index contributed by atoms with van der Waals surface area (Å²) < 4.78 is 5.35. The zero-order chi connectivity index (χ0) is 19.9. The minimum atomic E-state index is -0.980. The van der Waals surface area contributed by atoms with Gasteiger partial charge in [0.25, 0.3) is 5.91 Å². The third kappa shape index (κ3) is 5.17. The van der Waals surface area contributed by atoms with E-state index < -0.39 is 11.7 Å². The van der Waals surface area contributed by atoms with Crippen LogP contribution in [0, 0.1) is 0 Å². The highest BCUT2D eigenvalue weighted by atomic mass is 16.5. The summed E-state index contributed by atoms with van der Waals surface area (Å²) in [5.74, 6) is -1.78. The van der Waals surface area contributed by atoms with Gasteiger partial charge in [-0.2, -0.15) is 0 Å². The first-order chi connectivity index (χ1) is 13.5. The Bertz CT molecular complexity index is 841. The predicted octanol–water partition coefficient (Wildman–Crippen LogP) is 1.76. The first-order valence-corrected chi connectivity index (χ1v) is 9.18. The highest BCUT2D eigenvalue weighted by Gasteiger charge is 2.13. The molecule has 0 atom stereocenters. The summed E-state index contributed by atoms with van der Waals surface area (Å²) >= 11 is 0. The van der Waals surface area contributed by atoms with E-state index in [2.05, 4.69) is 10.2 Å². The SMILES string of the molecule is NC(=O)C(=O)c1ccc(CCC(=O)Nc2ccc(N3CCOCC3)cc2)cc1. The van der Waals surface area contributed by atoms with Crippen LogP contribution >= 0.6 is 0 Å². The molecule has 2 aromatic rings. The smallest absolute Gasteiger partial charge is 0.289 e. The van der Waals surface area contributed by atoms with E-state index >= 15 is 0 Å². The van der Waals surface area contributed by atoms with Gasteiger partial charge in [0.05, 0.1) is 13.2 Å². The summed E-state index contributed by atoms with van der Waals surface area (Å²) in [6, 6.07) is 14.3. The molecule has 7 heteroatoms. The van der Waals surface area contributed by atoms with Gasteiger partial charge in [0.2, 0.25) is 11.7 Å². The molecule has 0 aliphatic carbocycles. The molecule has 0 saturated carbocycles. The zero-order valence-electron chi connectivity index (χ0n) is 15.5. The third-order valence-electron chi connectivity index (χ3n) is 4.61. The summed E-state index contributed by atoms with van der Waals surface area (Å²) in [5.41, 5.74) is 8.00. The van der Waals surface area contributed by atoms with Crippen LogP contribution in [0.3, 0.4) is 0 Å². The number of hydrogen-bond acceptors (Lipinski definition) is 5. The Morgan fingerprint density at radius 1 is 0.964 bits per heavy atom. The van der Waals surface area contributed by atoms with Crippen molar-refractivity contribution in [2.75, 3.05) is 36.5 Å². The van der Waals surface area contributed by atoms with Crippen LogP contribution in [0.25, 0.3) is 0 Å². The second-order valence-corrected chi connectivity index (χ2v) is 6.58. The lowest BCUT2D eigenvalue weighted by atomic mass is 10.0. The number of hydrogen-bond donors (Lipinski definition) is 2. The number of carbonyl (C=O) groups is 3. The monoisotopic (exact) mass is 381 g/mol. The number of Topliss-reactive ketones (excluding diaryl/α,β-unsaturated/α-hetero) is 1. The minimum Gasteiger partial charge on any atom is -0.378 e. The predicted molar refractivity (Wildman–Crippen MR) is 106 cm³/mol. The van der Waals surface area contributed by atoms with E-state index in [9.17, 15) is 14.4 Å². The molecule has 1 fully saturated rings. The molecule has 2 amide bonds. The first-order valence-electron chi connectivity index (χ1n) is 9.18. The number of nitrogens with two attached hydrogens (primary N) is 1. The molecular formula is C21H23N3O4. The van der Waals surface area contributed by atoms with E-state index in [0.717, 1.165) is 43.2 Å². The first kappa shape index (κ1) is 19.6. The second-order valence-electron chi connectivity index (χ2n) is 6.58. The molecule has 146 valence electrons. The molecule has 2 aromatic carbocycles. The zero-order valence-corrected chi connectivity index (χ0v) is 15.5. The summed E-state index contributed by atoms with van der Waals surface area (Å²) in [6.07, 6.45) is 0.844. The van der Waals surface area contributed by atoms with Gasteiger partial charge in [-0.1, -0.05) is 24.3 Å². The third-order valence-corrected chi connectivity index (χ3v) is 4.61. The number of rotatable bonds is 7. The molecule has 0 unspecified atom stereocenters. The number of nitrogens with zero attached hydrogens (tertiary/aromatic N) is 1. The molecule has 3 rings (SSSR count). The summed E-state index contributed by atoms with van der Waals surface area (Å²) in [4.78, 5) is 36.8. The normalized spacial score (nSPS) is 13.8. The van der Waals surface area contributed by atoms with Crippen LogP contribution in [-0.2, 0) is 20.7 Å². The Labute approximate surface area is 163 Å². The lowest BCUT2D eigenvalue weighted by Gasteiger charge is -2.28. The molecule has 1 aliphatic rings. The largest absolute Gasteiger partial charge is 0.378 e. The molecule has 3 N–H and O–H groups in total. The molecule has 1 saturated heterocycles. The van der Waals surface area contributed by atoms with Crippen LogP contribution in [-0.4, -0.2) is 43.9 Å². The average Bonchev–Trinajstić information content (AvgIpc) is 2.73. The summed E-state index contributed by atoms with van der Waals surface area (Å²) in [6.45, 7) is 3.21. The average molecular weight is 381 g/mol. The van der Waals surface area contributed by atoms with Gasteiger partial charge in [-0.3, -0.25) is 14.4 Å². The highest BCUT2D eigenvalue weighted by Crippen LogP contribution is 2.19. The Kier molecular flexibility index (Phi) is 6.39. The number of nitrogens with one attached hydrogen (secondary N) is 1. The van der Waals surface area contributed by atoms with Crippen molar-refractivity contribution in [3.63, 3.8) is 0 Å². The van der Waals surface area contributed by atoms with Gasteiger partial charge in [0, 0.05) is 36.4 Å². The quantitative estimate of drug-likeness (QED) is 0.562. The molecule has 0 spiro atoms. The Balaban J connectivity index is 1.48. The Hall–Kier alpha value is -3.19. The molecule has 1 heterocycles. The number of ketones is 1. The summed E-state index contributed by atoms with van der Waals surface area (Å²) in [5, 5.41) is 2.89. The van der Waals surface area contributed by atoms with Crippen molar-refractivity contribution in [3.8, 4) is 0 Å². The van der Waals surface area contributed by atoms with Gasteiger partial charge in [-0.15, -0.1) is 0 Å². The highest BCUT2D eigenvalue weighted by molar-refractivity contribution is 6.42. The van der Waals surface area contributed by atoms with Crippen LogP contribution in [0.4, 0.5) is 11.4 Å². The second kappa shape index (κ2) is 9.14. The van der Waals surface area contributed by atoms with Crippen LogP contribution in [0.2, 0.25) is 0 Å². The van der Waals surface area contributed by atoms with Crippen molar-refractivity contribution >= 4 is 29.0 Å². The Morgan fingerprint density at radius 3 is 2.21 bits per heavy atom. The van der Waals surface area contributed by atoms with Crippen molar-refractivity contribution in [2.45, 2.75) is 12.8 Å². The maximum atomic E-state index is 12.2. The maximum absolute atomic E-state index is 12.2. The van der Waals surface area contributed by atoms with Gasteiger partial charge < -0.3 is 20.7 Å². The van der Waals surface area contributed by atoms with Crippen molar-refractivity contribution < 1.29 is 19.1 Å². The van der Waals surface area contributed by atoms with E-state index in [1.54, 1.807) is 24.3 Å². The van der Waals surface area contributed by atoms with E-state index in [-0.39, 0.29) is 11.5 Å². The standard InChI is InChI=1S/C21H23N3O4/c22-21(27)20(26)16-4-1-15(2-5-16)3-10-19(25)23-17-6-8-18(9-7-17)24-11-13-28-14-12-24/h1-2,4-9H,3,10-14H2,(H2,22,27)(H,23,25). The topological polar surface area (TPSA) is 102 Å². The molecular weight excluding hydrogens is 358 g/mol. The van der Waals surface area contributed by atoms with Crippen molar-refractivity contribution in [1.82, 2.24) is 0 Å². The molecule has 0 aromatic heterocycles. The number of primary amides is 1. The molecule has 7 nitrogen and oxygen atoms in total. The fourth-order valence-electron chi connectivity index (χ4n) is 3.02. The lowest BCUT2D eigenvalue weighted by molar-refractivity contribution is -0.116. The summed E-state index contributed by atoms with van der Waals surface area (Å²) in [7, 11) is 0. The van der Waals surface area contributed by atoms with Gasteiger partial charge in [-0.25, -0.2) is 0 Å². The Morgan fingerprint density at radius 2 is 1.61 bits per heavy atom. The molecule has 1 aliphatic heterocycles. The van der Waals surface area contributed by atoms with E-state index in [4.69, 9.17) is 10.5 Å². The van der Waals surface area contributed by atoms with Crippen LogP contribution in [0.15, 0.2) is 48.5 Å². The maximum Gasteiger partial charge on any atom is 0.289 e. The van der Waals surface area contributed by atoms with Crippen LogP contribution < -0.4 is 16.0 Å². The number of morpholine rings is 1. The van der Waals surface area contributed by atoms with Crippen molar-refractivity contribution in [1.29, 1.82) is 0 Å². The van der Waals surface area contributed by atoms with Crippen molar-refractivity contribution in [3.05, 3.63) is 59.7 Å². The minimum absolute atomic E-state index is 0.0867. The number of benzene rings is 2. The van der Waals surface area contributed by atoms with Gasteiger partial charge >= 0.3 is 0 Å².